The van der Waals surface area contributed by atoms with E-state index in [0.29, 0.717) is 0 Å². The Morgan fingerprint density at radius 3 is 2.43 bits per heavy atom. The summed E-state index contributed by atoms with van der Waals surface area (Å²) in [4.78, 5) is 0. The summed E-state index contributed by atoms with van der Waals surface area (Å²) >= 11 is 1.19. The molecule has 0 aromatic carbocycles. The Balaban J connectivity index is 2.83. The molecule has 1 atom stereocenters. The zero-order chi connectivity index (χ0) is 5.70. The molecule has 1 nitrogen and oxygen atoms in total. The molecule has 0 rings (SSSR count). The summed E-state index contributed by atoms with van der Waals surface area (Å²) in [6.07, 6.45) is 1.23. The second-order valence-corrected chi connectivity index (χ2v) is 2.53. The second kappa shape index (κ2) is 4.99. The average molecular weight is 178 g/mol. The molecule has 41 valence electrons. The van der Waals surface area contributed by atoms with Gasteiger partial charge in [0.25, 0.3) is 0 Å². The topological polar surface area (TPSA) is 9.23 Å². The van der Waals surface area contributed by atoms with Gasteiger partial charge in [-0.2, -0.15) is 0 Å². The predicted octanol–water partition coefficient (Wildman–Crippen LogP) is 1.51. The van der Waals surface area contributed by atoms with E-state index in [0.717, 1.165) is 12.5 Å². The van der Waals surface area contributed by atoms with Crippen LogP contribution in [0.25, 0.3) is 0 Å². The van der Waals surface area contributed by atoms with Crippen molar-refractivity contribution in [2.75, 3.05) is 6.61 Å². The Morgan fingerprint density at radius 1 is 1.71 bits per heavy atom. The first-order valence-corrected chi connectivity index (χ1v) is 3.60. The van der Waals surface area contributed by atoms with E-state index in [2.05, 4.69) is 13.8 Å². The Morgan fingerprint density at radius 2 is 2.29 bits per heavy atom. The van der Waals surface area contributed by atoms with Crippen LogP contribution in [-0.4, -0.2) is 6.61 Å². The summed E-state index contributed by atoms with van der Waals surface area (Å²) in [5.74, 6) is 0.749. The third-order valence-electron chi connectivity index (χ3n) is 1.06. The molecule has 0 bridgehead atoms. The van der Waals surface area contributed by atoms with Gasteiger partial charge in [-0.15, -0.1) is 0 Å². The fourth-order valence-corrected chi connectivity index (χ4v) is 0.959. The van der Waals surface area contributed by atoms with Gasteiger partial charge >= 0.3 is 60.8 Å². The Hall–Kier alpha value is 0.843. The van der Waals surface area contributed by atoms with Crippen molar-refractivity contribution in [3.05, 3.63) is 0 Å². The van der Waals surface area contributed by atoms with Gasteiger partial charge in [0.05, 0.1) is 0 Å². The maximum atomic E-state index is 4.98. The fraction of sp³-hybridized carbons (Fsp3) is 1.00. The van der Waals surface area contributed by atoms with Crippen LogP contribution in [0.15, 0.2) is 0 Å². The van der Waals surface area contributed by atoms with Gasteiger partial charge in [-0.05, 0) is 0 Å². The molecule has 0 N–H and O–H groups in total. The van der Waals surface area contributed by atoms with Crippen molar-refractivity contribution in [1.82, 2.24) is 0 Å². The van der Waals surface area contributed by atoms with E-state index in [1.807, 2.05) is 0 Å². The standard InChI is InChI=1S/C5H11O.Zr/c1-3-5(2)4-6;/h5H,3-4H2,1-2H3;/q-1;+1. The molecule has 0 aromatic rings. The SMILES string of the molecule is CCC(C)C[O][Zr]. The van der Waals surface area contributed by atoms with E-state index in [4.69, 9.17) is 2.81 Å². The third kappa shape index (κ3) is 4.70. The first-order chi connectivity index (χ1) is 3.31. The Kier molecular flexibility index (Phi) is 5.59. The molecule has 0 fully saturated rings. The summed E-state index contributed by atoms with van der Waals surface area (Å²) in [6.45, 7) is 5.32. The first-order valence-electron chi connectivity index (χ1n) is 2.59. The molecule has 0 amide bonds. The molecule has 0 aliphatic heterocycles. The van der Waals surface area contributed by atoms with Crippen molar-refractivity contribution in [3.8, 4) is 0 Å². The van der Waals surface area contributed by atoms with Crippen LogP contribution in [-0.2, 0) is 28.0 Å². The molecule has 0 aliphatic carbocycles. The van der Waals surface area contributed by atoms with Gasteiger partial charge in [0.15, 0.2) is 0 Å². The van der Waals surface area contributed by atoms with Gasteiger partial charge < -0.3 is 0 Å². The second-order valence-electron chi connectivity index (χ2n) is 1.82. The molecule has 0 aliphatic rings. The van der Waals surface area contributed by atoms with Crippen molar-refractivity contribution in [2.24, 2.45) is 5.92 Å². The van der Waals surface area contributed by atoms with Crippen LogP contribution in [0.2, 0.25) is 0 Å². The van der Waals surface area contributed by atoms with E-state index >= 15 is 0 Å². The monoisotopic (exact) mass is 177 g/mol. The Bertz CT molecular complexity index is 39.1. The number of hydrogen-bond acceptors (Lipinski definition) is 1. The van der Waals surface area contributed by atoms with Crippen molar-refractivity contribution < 1.29 is 28.0 Å². The maximum absolute atomic E-state index is 4.98. The van der Waals surface area contributed by atoms with Crippen LogP contribution in [0.3, 0.4) is 0 Å². The van der Waals surface area contributed by atoms with Gasteiger partial charge in [0, 0.05) is 0 Å². The van der Waals surface area contributed by atoms with Gasteiger partial charge in [0.1, 0.15) is 0 Å². The summed E-state index contributed by atoms with van der Waals surface area (Å²) in [6, 6.07) is 0. The molecule has 0 heterocycles. The van der Waals surface area contributed by atoms with Crippen LogP contribution >= 0.6 is 0 Å². The van der Waals surface area contributed by atoms with Crippen molar-refractivity contribution in [1.29, 1.82) is 0 Å². The quantitative estimate of drug-likeness (QED) is 0.636. The van der Waals surface area contributed by atoms with E-state index in [1.54, 1.807) is 0 Å². The first kappa shape index (κ1) is 7.84. The van der Waals surface area contributed by atoms with Crippen LogP contribution in [0.4, 0.5) is 0 Å². The summed E-state index contributed by atoms with van der Waals surface area (Å²) in [7, 11) is 0. The van der Waals surface area contributed by atoms with E-state index < -0.39 is 0 Å². The van der Waals surface area contributed by atoms with E-state index in [9.17, 15) is 0 Å². The van der Waals surface area contributed by atoms with Crippen LogP contribution in [0, 0.1) is 5.92 Å². The zero-order valence-corrected chi connectivity index (χ0v) is 7.36. The van der Waals surface area contributed by atoms with Gasteiger partial charge in [-0.1, -0.05) is 0 Å². The minimum atomic E-state index is 0.749. The fourth-order valence-electron chi connectivity index (χ4n) is 0.260. The number of hydrogen-bond donors (Lipinski definition) is 0. The average Bonchev–Trinajstić information content (AvgIpc) is 1.68. The van der Waals surface area contributed by atoms with Crippen LogP contribution < -0.4 is 0 Å². The molecule has 0 saturated carbocycles. The van der Waals surface area contributed by atoms with E-state index in [-0.39, 0.29) is 0 Å². The molecule has 0 spiro atoms. The van der Waals surface area contributed by atoms with Gasteiger partial charge in [-0.25, -0.2) is 0 Å². The normalized spacial score (nSPS) is 13.9. The van der Waals surface area contributed by atoms with Crippen LogP contribution in [0.1, 0.15) is 20.3 Å². The molecule has 1 unspecified atom stereocenters. The summed E-state index contributed by atoms with van der Waals surface area (Å²) in [5, 5.41) is 0. The molecule has 0 radical (unpaired) electrons. The summed E-state index contributed by atoms with van der Waals surface area (Å²) in [5.41, 5.74) is 0. The van der Waals surface area contributed by atoms with Gasteiger partial charge in [-0.3, -0.25) is 0 Å². The molecular weight excluding hydrogens is 167 g/mol. The summed E-state index contributed by atoms with van der Waals surface area (Å²) < 4.78 is 4.98. The van der Waals surface area contributed by atoms with Crippen molar-refractivity contribution in [3.63, 3.8) is 0 Å². The Labute approximate surface area is 60.9 Å². The van der Waals surface area contributed by atoms with Crippen LogP contribution in [0.5, 0.6) is 0 Å². The van der Waals surface area contributed by atoms with Gasteiger partial charge in [0.2, 0.25) is 0 Å². The van der Waals surface area contributed by atoms with Crippen molar-refractivity contribution in [2.45, 2.75) is 20.3 Å². The molecule has 0 saturated heterocycles. The van der Waals surface area contributed by atoms with E-state index in [1.165, 1.54) is 31.6 Å². The molecular formula is C5H11OZr. The number of rotatable bonds is 3. The minimum absolute atomic E-state index is 0.749. The molecule has 7 heavy (non-hydrogen) atoms. The zero-order valence-electron chi connectivity index (χ0n) is 4.90. The molecule has 0 aromatic heterocycles. The van der Waals surface area contributed by atoms with Crippen molar-refractivity contribution >= 4 is 0 Å². The predicted molar refractivity (Wildman–Crippen MR) is 25.4 cm³/mol. The molecule has 2 heteroatoms. The third-order valence-corrected chi connectivity index (χ3v) is 1.47.